The Labute approximate surface area is 107 Å². The number of carbonyl (C=O) groups excluding carboxylic acids is 1. The number of Topliss-reactive ketones (excluding diaryl/α,β-unsaturated/α-hetero) is 1. The van der Waals surface area contributed by atoms with E-state index in [0.717, 1.165) is 17.8 Å². The molecule has 0 saturated carbocycles. The average molecular weight is 250 g/mol. The zero-order chi connectivity index (χ0) is 12.7. The molecular weight excluding hydrogens is 232 g/mol. The van der Waals surface area contributed by atoms with Crippen LogP contribution in [0.15, 0.2) is 17.5 Å². The third-order valence-electron chi connectivity index (χ3n) is 2.85. The summed E-state index contributed by atoms with van der Waals surface area (Å²) >= 11 is 1.50. The van der Waals surface area contributed by atoms with Crippen LogP contribution in [0, 0.1) is 11.3 Å². The normalized spacial score (nSPS) is 12.4. The van der Waals surface area contributed by atoms with Crippen LogP contribution in [-0.2, 0) is 0 Å². The summed E-state index contributed by atoms with van der Waals surface area (Å²) in [5.74, 6) is 0.223. The first kappa shape index (κ1) is 13.9. The molecule has 0 spiro atoms. The fourth-order valence-corrected chi connectivity index (χ4v) is 2.25. The van der Waals surface area contributed by atoms with Crippen molar-refractivity contribution >= 4 is 17.1 Å². The molecule has 0 N–H and O–H groups in total. The maximum absolute atomic E-state index is 11.7. The maximum atomic E-state index is 11.7. The van der Waals surface area contributed by atoms with Crippen molar-refractivity contribution in [3.8, 4) is 6.07 Å². The molecule has 1 heterocycles. The number of carbonyl (C=O) groups is 1. The Kier molecular flexibility index (Phi) is 5.88. The quantitative estimate of drug-likeness (QED) is 0.699. The molecule has 1 atom stereocenters. The van der Waals surface area contributed by atoms with Crippen LogP contribution in [0.4, 0.5) is 0 Å². The van der Waals surface area contributed by atoms with Crippen LogP contribution in [0.3, 0.4) is 0 Å². The van der Waals surface area contributed by atoms with Gasteiger partial charge in [0.05, 0.1) is 17.4 Å². The molecule has 4 heteroatoms. The van der Waals surface area contributed by atoms with Gasteiger partial charge in [-0.1, -0.05) is 6.07 Å². The molecule has 17 heavy (non-hydrogen) atoms. The molecule has 1 aromatic heterocycles. The van der Waals surface area contributed by atoms with E-state index in [2.05, 4.69) is 11.0 Å². The molecule has 0 aliphatic heterocycles. The van der Waals surface area contributed by atoms with E-state index in [0.29, 0.717) is 12.8 Å². The summed E-state index contributed by atoms with van der Waals surface area (Å²) in [7, 11) is 2.00. The maximum Gasteiger partial charge on any atom is 0.172 e. The molecule has 92 valence electrons. The lowest BCUT2D eigenvalue weighted by Crippen LogP contribution is -2.29. The second kappa shape index (κ2) is 7.21. The topological polar surface area (TPSA) is 44.1 Å². The fourth-order valence-electron chi connectivity index (χ4n) is 1.56. The Morgan fingerprint density at radius 3 is 3.00 bits per heavy atom. The Morgan fingerprint density at radius 1 is 1.65 bits per heavy atom. The highest BCUT2D eigenvalue weighted by Crippen LogP contribution is 2.12. The molecule has 0 amide bonds. The molecular formula is C13H18N2OS. The Bertz CT molecular complexity index is 381. The Morgan fingerprint density at radius 2 is 2.41 bits per heavy atom. The van der Waals surface area contributed by atoms with Gasteiger partial charge in [-0.25, -0.2) is 0 Å². The van der Waals surface area contributed by atoms with Crippen molar-refractivity contribution < 1.29 is 4.79 Å². The van der Waals surface area contributed by atoms with E-state index >= 15 is 0 Å². The highest BCUT2D eigenvalue weighted by Gasteiger charge is 2.10. The van der Waals surface area contributed by atoms with E-state index in [4.69, 9.17) is 5.26 Å². The second-order valence-electron chi connectivity index (χ2n) is 4.20. The van der Waals surface area contributed by atoms with E-state index in [1.165, 1.54) is 11.3 Å². The lowest BCUT2D eigenvalue weighted by molar-refractivity contribution is 0.0978. The van der Waals surface area contributed by atoms with E-state index in [9.17, 15) is 4.79 Å². The predicted octanol–water partition coefficient (Wildman–Crippen LogP) is 2.94. The summed E-state index contributed by atoms with van der Waals surface area (Å²) in [5.41, 5.74) is 0. The van der Waals surface area contributed by atoms with Gasteiger partial charge in [-0.05, 0) is 38.4 Å². The predicted molar refractivity (Wildman–Crippen MR) is 70.2 cm³/mol. The molecule has 0 fully saturated rings. The molecule has 0 bridgehead atoms. The van der Waals surface area contributed by atoms with Gasteiger partial charge in [0.25, 0.3) is 0 Å². The Hall–Kier alpha value is -1.18. The zero-order valence-corrected chi connectivity index (χ0v) is 11.2. The van der Waals surface area contributed by atoms with Gasteiger partial charge >= 0.3 is 0 Å². The van der Waals surface area contributed by atoms with Crippen LogP contribution in [0.2, 0.25) is 0 Å². The number of thiophene rings is 1. The lowest BCUT2D eigenvalue weighted by atomic mass is 10.1. The third kappa shape index (κ3) is 4.68. The molecule has 0 aliphatic rings. The first-order valence-electron chi connectivity index (χ1n) is 5.79. The van der Waals surface area contributed by atoms with Gasteiger partial charge in [-0.2, -0.15) is 5.26 Å². The average Bonchev–Trinajstić information content (AvgIpc) is 2.82. The van der Waals surface area contributed by atoms with Gasteiger partial charge < -0.3 is 4.90 Å². The number of nitrogens with zero attached hydrogens (tertiary/aromatic N) is 2. The van der Waals surface area contributed by atoms with Crippen LogP contribution in [0.5, 0.6) is 0 Å². The number of hydrogen-bond donors (Lipinski definition) is 0. The number of nitriles is 1. The minimum Gasteiger partial charge on any atom is -0.303 e. The van der Waals surface area contributed by atoms with Crippen molar-refractivity contribution in [2.45, 2.75) is 32.2 Å². The molecule has 0 saturated heterocycles. The molecule has 0 aromatic carbocycles. The minimum atomic E-state index is 0.223. The number of ketones is 1. The standard InChI is InChI=1S/C13H18N2OS/c1-11(7-8-14)15(2)9-3-5-12(16)13-6-4-10-17-13/h4,6,10-11H,3,5,7,9H2,1-2H3. The number of hydrogen-bond acceptors (Lipinski definition) is 4. The van der Waals surface area contributed by atoms with Gasteiger partial charge in [0.1, 0.15) is 0 Å². The smallest absolute Gasteiger partial charge is 0.172 e. The zero-order valence-electron chi connectivity index (χ0n) is 10.3. The van der Waals surface area contributed by atoms with Crippen LogP contribution in [-0.4, -0.2) is 30.3 Å². The highest BCUT2D eigenvalue weighted by atomic mass is 32.1. The summed E-state index contributed by atoms with van der Waals surface area (Å²) in [6, 6.07) is 6.20. The largest absolute Gasteiger partial charge is 0.303 e. The molecule has 0 radical (unpaired) electrons. The summed E-state index contributed by atoms with van der Waals surface area (Å²) in [5, 5.41) is 10.5. The van der Waals surface area contributed by atoms with Gasteiger partial charge in [-0.15, -0.1) is 11.3 Å². The summed E-state index contributed by atoms with van der Waals surface area (Å²) < 4.78 is 0. The van der Waals surface area contributed by atoms with Gasteiger partial charge in [0.2, 0.25) is 0 Å². The van der Waals surface area contributed by atoms with Crippen LogP contribution in [0.1, 0.15) is 35.9 Å². The highest BCUT2D eigenvalue weighted by molar-refractivity contribution is 7.12. The molecule has 3 nitrogen and oxygen atoms in total. The van der Waals surface area contributed by atoms with Crippen LogP contribution >= 0.6 is 11.3 Å². The Balaban J connectivity index is 2.24. The van der Waals surface area contributed by atoms with Crippen molar-refractivity contribution in [3.63, 3.8) is 0 Å². The van der Waals surface area contributed by atoms with Crippen molar-refractivity contribution in [2.24, 2.45) is 0 Å². The first-order valence-corrected chi connectivity index (χ1v) is 6.67. The monoisotopic (exact) mass is 250 g/mol. The van der Waals surface area contributed by atoms with Crippen LogP contribution < -0.4 is 0 Å². The van der Waals surface area contributed by atoms with E-state index in [-0.39, 0.29) is 11.8 Å². The molecule has 0 aliphatic carbocycles. The van der Waals surface area contributed by atoms with Crippen molar-refractivity contribution in [1.29, 1.82) is 5.26 Å². The SMILES string of the molecule is CC(CC#N)N(C)CCCC(=O)c1cccs1. The minimum absolute atomic E-state index is 0.223. The molecule has 1 aromatic rings. The van der Waals surface area contributed by atoms with Crippen molar-refractivity contribution in [1.82, 2.24) is 4.90 Å². The van der Waals surface area contributed by atoms with Gasteiger partial charge in [0.15, 0.2) is 5.78 Å². The third-order valence-corrected chi connectivity index (χ3v) is 3.76. The first-order chi connectivity index (χ1) is 8.15. The second-order valence-corrected chi connectivity index (χ2v) is 5.14. The summed E-state index contributed by atoms with van der Waals surface area (Å²) in [6.07, 6.45) is 1.97. The van der Waals surface area contributed by atoms with Gasteiger partial charge in [-0.3, -0.25) is 4.79 Å². The van der Waals surface area contributed by atoms with Crippen LogP contribution in [0.25, 0.3) is 0 Å². The lowest BCUT2D eigenvalue weighted by Gasteiger charge is -2.22. The van der Waals surface area contributed by atoms with Crippen molar-refractivity contribution in [3.05, 3.63) is 22.4 Å². The summed E-state index contributed by atoms with van der Waals surface area (Å²) in [6.45, 7) is 2.89. The summed E-state index contributed by atoms with van der Waals surface area (Å²) in [4.78, 5) is 14.7. The molecule has 1 unspecified atom stereocenters. The van der Waals surface area contributed by atoms with E-state index < -0.39 is 0 Å². The van der Waals surface area contributed by atoms with E-state index in [1.54, 1.807) is 0 Å². The molecule has 1 rings (SSSR count). The van der Waals surface area contributed by atoms with Gasteiger partial charge in [0, 0.05) is 12.5 Å². The van der Waals surface area contributed by atoms with Crippen molar-refractivity contribution in [2.75, 3.05) is 13.6 Å². The number of rotatable bonds is 7. The van der Waals surface area contributed by atoms with E-state index in [1.807, 2.05) is 31.5 Å². The fraction of sp³-hybridized carbons (Fsp3) is 0.538.